The lowest BCUT2D eigenvalue weighted by atomic mass is 10.1. The summed E-state index contributed by atoms with van der Waals surface area (Å²) < 4.78 is 0. The van der Waals surface area contributed by atoms with Crippen LogP contribution in [-0.2, 0) is 11.3 Å². The van der Waals surface area contributed by atoms with Gasteiger partial charge in [-0.1, -0.05) is 29.8 Å². The van der Waals surface area contributed by atoms with Gasteiger partial charge < -0.3 is 10.2 Å². The highest BCUT2D eigenvalue weighted by molar-refractivity contribution is 6.04. The maximum Gasteiger partial charge on any atom is 0.255 e. The Morgan fingerprint density at radius 2 is 2.00 bits per heavy atom. The van der Waals surface area contributed by atoms with E-state index in [1.807, 2.05) is 55.1 Å². The fraction of sp³-hybridized carbons (Fsp3) is 0.300. The summed E-state index contributed by atoms with van der Waals surface area (Å²) in [5, 5.41) is 2.96. The van der Waals surface area contributed by atoms with Crippen molar-refractivity contribution < 1.29 is 9.59 Å². The largest absolute Gasteiger partial charge is 0.338 e. The smallest absolute Gasteiger partial charge is 0.255 e. The minimum absolute atomic E-state index is 0.128. The molecule has 2 amide bonds. The number of carbonyl (C=O) groups is 2. The number of aryl methyl sites for hydroxylation is 2. The molecule has 0 saturated carbocycles. The number of rotatable bonds is 4. The van der Waals surface area contributed by atoms with Gasteiger partial charge in [0, 0.05) is 30.8 Å². The standard InChI is InChI=1S/C20H22N2O2/c1-14-8-9-18(15(2)11-14)21-20(24)17-6-3-5-16(12-17)13-22-10-4-7-19(22)23/h3,5-6,8-9,11-12H,4,7,10,13H2,1-2H3,(H,21,24). The minimum atomic E-state index is -0.128. The number of likely N-dealkylation sites (tertiary alicyclic amines) is 1. The number of carbonyl (C=O) groups excluding carboxylic acids is 2. The van der Waals surface area contributed by atoms with Gasteiger partial charge in [-0.25, -0.2) is 0 Å². The van der Waals surface area contributed by atoms with Crippen LogP contribution in [0.2, 0.25) is 0 Å². The molecule has 3 rings (SSSR count). The van der Waals surface area contributed by atoms with Gasteiger partial charge >= 0.3 is 0 Å². The Bertz CT molecular complexity index is 783. The lowest BCUT2D eigenvalue weighted by Gasteiger charge is -2.16. The molecule has 124 valence electrons. The van der Waals surface area contributed by atoms with E-state index in [1.54, 1.807) is 6.07 Å². The monoisotopic (exact) mass is 322 g/mol. The Labute approximate surface area is 142 Å². The second-order valence-corrected chi connectivity index (χ2v) is 6.39. The van der Waals surface area contributed by atoms with Crippen molar-refractivity contribution in [3.05, 3.63) is 64.7 Å². The molecule has 4 heteroatoms. The zero-order valence-corrected chi connectivity index (χ0v) is 14.1. The van der Waals surface area contributed by atoms with E-state index in [4.69, 9.17) is 0 Å². The molecule has 1 aliphatic rings. The number of nitrogens with one attached hydrogen (secondary N) is 1. The van der Waals surface area contributed by atoms with Gasteiger partial charge in [-0.2, -0.15) is 0 Å². The molecule has 1 heterocycles. The van der Waals surface area contributed by atoms with Gasteiger partial charge in [0.2, 0.25) is 5.91 Å². The molecule has 0 spiro atoms. The van der Waals surface area contributed by atoms with Gasteiger partial charge in [-0.15, -0.1) is 0 Å². The van der Waals surface area contributed by atoms with Crippen LogP contribution in [-0.4, -0.2) is 23.3 Å². The summed E-state index contributed by atoms with van der Waals surface area (Å²) in [7, 11) is 0. The summed E-state index contributed by atoms with van der Waals surface area (Å²) in [4.78, 5) is 26.1. The van der Waals surface area contributed by atoms with Gasteiger partial charge in [0.15, 0.2) is 0 Å². The van der Waals surface area contributed by atoms with E-state index in [2.05, 4.69) is 5.32 Å². The molecular formula is C20H22N2O2. The van der Waals surface area contributed by atoms with E-state index in [0.29, 0.717) is 18.5 Å². The van der Waals surface area contributed by atoms with Gasteiger partial charge in [0.25, 0.3) is 5.91 Å². The molecule has 1 aliphatic heterocycles. The Morgan fingerprint density at radius 3 is 2.71 bits per heavy atom. The Kier molecular flexibility index (Phi) is 4.65. The van der Waals surface area contributed by atoms with Crippen molar-refractivity contribution >= 4 is 17.5 Å². The van der Waals surface area contributed by atoms with Crippen LogP contribution in [0.5, 0.6) is 0 Å². The van der Waals surface area contributed by atoms with Crippen molar-refractivity contribution in [1.29, 1.82) is 0 Å². The predicted molar refractivity (Wildman–Crippen MR) is 95.0 cm³/mol. The lowest BCUT2D eigenvalue weighted by Crippen LogP contribution is -2.24. The van der Waals surface area contributed by atoms with Gasteiger partial charge in [0.1, 0.15) is 0 Å². The first-order chi connectivity index (χ1) is 11.5. The Morgan fingerprint density at radius 1 is 1.17 bits per heavy atom. The van der Waals surface area contributed by atoms with Gasteiger partial charge in [-0.05, 0) is 49.6 Å². The molecular weight excluding hydrogens is 300 g/mol. The molecule has 0 radical (unpaired) electrons. The Hall–Kier alpha value is -2.62. The zero-order valence-electron chi connectivity index (χ0n) is 14.1. The van der Waals surface area contributed by atoms with Crippen LogP contribution in [0.3, 0.4) is 0 Å². The summed E-state index contributed by atoms with van der Waals surface area (Å²) in [6.45, 7) is 5.39. The van der Waals surface area contributed by atoms with Crippen molar-refractivity contribution in [1.82, 2.24) is 4.90 Å². The van der Waals surface area contributed by atoms with Crippen molar-refractivity contribution in [2.75, 3.05) is 11.9 Å². The van der Waals surface area contributed by atoms with Crippen molar-refractivity contribution in [2.45, 2.75) is 33.2 Å². The molecule has 0 aromatic heterocycles. The van der Waals surface area contributed by atoms with E-state index in [1.165, 1.54) is 5.56 Å². The van der Waals surface area contributed by atoms with E-state index in [9.17, 15) is 9.59 Å². The quantitative estimate of drug-likeness (QED) is 0.933. The lowest BCUT2D eigenvalue weighted by molar-refractivity contribution is -0.128. The molecule has 0 aliphatic carbocycles. The molecule has 0 unspecified atom stereocenters. The Balaban J connectivity index is 1.73. The summed E-state index contributed by atoms with van der Waals surface area (Å²) in [5.74, 6) is 0.0664. The number of benzene rings is 2. The minimum Gasteiger partial charge on any atom is -0.338 e. The van der Waals surface area contributed by atoms with E-state index < -0.39 is 0 Å². The first-order valence-electron chi connectivity index (χ1n) is 8.28. The highest BCUT2D eigenvalue weighted by atomic mass is 16.2. The van der Waals surface area contributed by atoms with E-state index in [0.717, 1.165) is 29.8 Å². The number of anilines is 1. The fourth-order valence-corrected chi connectivity index (χ4v) is 3.05. The third kappa shape index (κ3) is 3.65. The average molecular weight is 322 g/mol. The second kappa shape index (κ2) is 6.87. The van der Waals surface area contributed by atoms with Crippen LogP contribution in [0.1, 0.15) is 39.9 Å². The van der Waals surface area contributed by atoms with E-state index >= 15 is 0 Å². The molecule has 1 saturated heterocycles. The molecule has 4 nitrogen and oxygen atoms in total. The van der Waals surface area contributed by atoms with Crippen LogP contribution in [0.4, 0.5) is 5.69 Å². The summed E-state index contributed by atoms with van der Waals surface area (Å²) in [6.07, 6.45) is 1.55. The third-order valence-electron chi connectivity index (χ3n) is 4.36. The fourth-order valence-electron chi connectivity index (χ4n) is 3.05. The molecule has 2 aromatic carbocycles. The maximum atomic E-state index is 12.5. The maximum absolute atomic E-state index is 12.5. The highest BCUT2D eigenvalue weighted by Crippen LogP contribution is 2.19. The topological polar surface area (TPSA) is 49.4 Å². The van der Waals surface area contributed by atoms with Crippen LogP contribution in [0.25, 0.3) is 0 Å². The summed E-state index contributed by atoms with van der Waals surface area (Å²) in [6, 6.07) is 13.4. The number of hydrogen-bond donors (Lipinski definition) is 1. The van der Waals surface area contributed by atoms with Crippen LogP contribution < -0.4 is 5.32 Å². The molecule has 1 fully saturated rings. The van der Waals surface area contributed by atoms with Gasteiger partial charge in [-0.3, -0.25) is 9.59 Å². The van der Waals surface area contributed by atoms with Crippen LogP contribution in [0.15, 0.2) is 42.5 Å². The highest BCUT2D eigenvalue weighted by Gasteiger charge is 2.20. The second-order valence-electron chi connectivity index (χ2n) is 6.39. The van der Waals surface area contributed by atoms with Crippen LogP contribution in [0, 0.1) is 13.8 Å². The first-order valence-corrected chi connectivity index (χ1v) is 8.28. The predicted octanol–water partition coefficient (Wildman–Crippen LogP) is 3.68. The third-order valence-corrected chi connectivity index (χ3v) is 4.36. The number of hydrogen-bond acceptors (Lipinski definition) is 2. The number of nitrogens with zero attached hydrogens (tertiary/aromatic N) is 1. The van der Waals surface area contributed by atoms with Crippen molar-refractivity contribution in [3.8, 4) is 0 Å². The van der Waals surface area contributed by atoms with Gasteiger partial charge in [0.05, 0.1) is 0 Å². The first kappa shape index (κ1) is 16.2. The molecule has 1 N–H and O–H groups in total. The normalized spacial score (nSPS) is 14.1. The molecule has 2 aromatic rings. The van der Waals surface area contributed by atoms with Crippen molar-refractivity contribution in [2.24, 2.45) is 0 Å². The molecule has 0 bridgehead atoms. The summed E-state index contributed by atoms with van der Waals surface area (Å²) in [5.41, 5.74) is 4.63. The number of amides is 2. The molecule has 0 atom stereocenters. The molecule has 24 heavy (non-hydrogen) atoms. The summed E-state index contributed by atoms with van der Waals surface area (Å²) >= 11 is 0. The zero-order chi connectivity index (χ0) is 17.1. The van der Waals surface area contributed by atoms with Crippen molar-refractivity contribution in [3.63, 3.8) is 0 Å². The average Bonchev–Trinajstić information content (AvgIpc) is 2.95. The van der Waals surface area contributed by atoms with E-state index in [-0.39, 0.29) is 11.8 Å². The van der Waals surface area contributed by atoms with Crippen LogP contribution >= 0.6 is 0 Å². The SMILES string of the molecule is Cc1ccc(NC(=O)c2cccc(CN3CCCC3=O)c2)c(C)c1.